The number of carboxylic acids is 1. The third-order valence-electron chi connectivity index (χ3n) is 2.85. The summed E-state index contributed by atoms with van der Waals surface area (Å²) in [7, 11) is 0. The molecule has 1 fully saturated rings. The number of carboxylic acid groups (broad SMARTS) is 1. The number of carbonyl (C=O) groups excluding carboxylic acids is 1. The van der Waals surface area contributed by atoms with Crippen molar-refractivity contribution in [3.8, 4) is 0 Å². The minimum absolute atomic E-state index is 0.00966. The maximum Gasteiger partial charge on any atom is 0.303 e. The first-order valence-electron chi connectivity index (χ1n) is 6.28. The van der Waals surface area contributed by atoms with Crippen LogP contribution in [0, 0.1) is 0 Å². The number of unbranched alkanes of at least 4 members (excludes halogenated alkanes) is 1. The number of ether oxygens (including phenoxy) is 1. The predicted octanol–water partition coefficient (Wildman–Crippen LogP) is 1.32. The van der Waals surface area contributed by atoms with Crippen molar-refractivity contribution < 1.29 is 19.4 Å². The monoisotopic (exact) mass is 243 g/mol. The lowest BCUT2D eigenvalue weighted by molar-refractivity contribution is -0.137. The smallest absolute Gasteiger partial charge is 0.303 e. The lowest BCUT2D eigenvalue weighted by atomic mass is 10.1. The topological polar surface area (TPSA) is 75.6 Å². The predicted molar refractivity (Wildman–Crippen MR) is 62.7 cm³/mol. The van der Waals surface area contributed by atoms with Gasteiger partial charge in [0.25, 0.3) is 0 Å². The molecule has 1 saturated heterocycles. The molecule has 17 heavy (non-hydrogen) atoms. The highest BCUT2D eigenvalue weighted by molar-refractivity contribution is 5.75. The van der Waals surface area contributed by atoms with E-state index in [2.05, 4.69) is 5.32 Å². The van der Waals surface area contributed by atoms with E-state index in [0.717, 1.165) is 19.4 Å². The number of carbonyl (C=O) groups is 2. The molecule has 0 aromatic carbocycles. The number of rotatable bonds is 7. The highest BCUT2D eigenvalue weighted by atomic mass is 16.5. The first kappa shape index (κ1) is 14.0. The van der Waals surface area contributed by atoms with Gasteiger partial charge in [0, 0.05) is 26.0 Å². The normalized spacial score (nSPS) is 19.9. The van der Waals surface area contributed by atoms with Gasteiger partial charge in [-0.3, -0.25) is 9.59 Å². The van der Waals surface area contributed by atoms with Crippen molar-refractivity contribution in [2.75, 3.05) is 13.2 Å². The van der Waals surface area contributed by atoms with Gasteiger partial charge in [-0.2, -0.15) is 0 Å². The first-order chi connectivity index (χ1) is 8.18. The maximum atomic E-state index is 11.4. The molecule has 1 aliphatic rings. The third-order valence-corrected chi connectivity index (χ3v) is 2.85. The Labute approximate surface area is 102 Å². The zero-order valence-corrected chi connectivity index (χ0v) is 10.1. The van der Waals surface area contributed by atoms with Crippen molar-refractivity contribution in [3.63, 3.8) is 0 Å². The number of amides is 1. The largest absolute Gasteiger partial charge is 0.481 e. The highest BCUT2D eigenvalue weighted by Gasteiger charge is 2.14. The summed E-state index contributed by atoms with van der Waals surface area (Å²) in [5.74, 6) is -0.814. The molecule has 1 unspecified atom stereocenters. The van der Waals surface area contributed by atoms with Gasteiger partial charge in [-0.15, -0.1) is 0 Å². The van der Waals surface area contributed by atoms with Crippen LogP contribution in [0.25, 0.3) is 0 Å². The fraction of sp³-hybridized carbons (Fsp3) is 0.833. The fourth-order valence-corrected chi connectivity index (χ4v) is 1.85. The van der Waals surface area contributed by atoms with Crippen molar-refractivity contribution in [2.45, 2.75) is 51.0 Å². The van der Waals surface area contributed by atoms with Gasteiger partial charge in [0.15, 0.2) is 0 Å². The molecule has 0 aliphatic carbocycles. The van der Waals surface area contributed by atoms with Crippen LogP contribution < -0.4 is 5.32 Å². The minimum atomic E-state index is -0.805. The molecule has 1 aliphatic heterocycles. The van der Waals surface area contributed by atoms with Gasteiger partial charge in [-0.25, -0.2) is 0 Å². The number of hydrogen-bond acceptors (Lipinski definition) is 3. The average Bonchev–Trinajstić information content (AvgIpc) is 2.33. The summed E-state index contributed by atoms with van der Waals surface area (Å²) < 4.78 is 5.49. The number of hydrogen-bond donors (Lipinski definition) is 2. The molecule has 0 spiro atoms. The van der Waals surface area contributed by atoms with E-state index in [0.29, 0.717) is 25.8 Å². The summed E-state index contributed by atoms with van der Waals surface area (Å²) in [6.45, 7) is 1.37. The molecule has 0 radical (unpaired) electrons. The van der Waals surface area contributed by atoms with E-state index >= 15 is 0 Å². The van der Waals surface area contributed by atoms with E-state index < -0.39 is 5.97 Å². The summed E-state index contributed by atoms with van der Waals surface area (Å²) in [5, 5.41) is 11.3. The van der Waals surface area contributed by atoms with Crippen LogP contribution in [0.5, 0.6) is 0 Å². The van der Waals surface area contributed by atoms with Crippen LogP contribution >= 0.6 is 0 Å². The van der Waals surface area contributed by atoms with Crippen LogP contribution in [-0.2, 0) is 14.3 Å². The van der Waals surface area contributed by atoms with E-state index in [-0.39, 0.29) is 18.4 Å². The van der Waals surface area contributed by atoms with Crippen molar-refractivity contribution >= 4 is 11.9 Å². The van der Waals surface area contributed by atoms with E-state index in [4.69, 9.17) is 9.84 Å². The molecule has 0 aromatic rings. The second-order valence-electron chi connectivity index (χ2n) is 4.39. The lowest BCUT2D eigenvalue weighted by Gasteiger charge is -2.22. The van der Waals surface area contributed by atoms with Crippen LogP contribution in [0.4, 0.5) is 0 Å². The Kier molecular flexibility index (Phi) is 6.62. The molecule has 1 rings (SSSR count). The molecule has 0 bridgehead atoms. The molecule has 1 atom stereocenters. The summed E-state index contributed by atoms with van der Waals surface area (Å²) >= 11 is 0. The molecule has 98 valence electrons. The summed E-state index contributed by atoms with van der Waals surface area (Å²) in [6.07, 6.45) is 5.18. The van der Waals surface area contributed by atoms with Crippen LogP contribution in [-0.4, -0.2) is 36.2 Å². The Hall–Kier alpha value is -1.10. The van der Waals surface area contributed by atoms with Crippen LogP contribution in [0.1, 0.15) is 44.9 Å². The molecule has 1 amide bonds. The van der Waals surface area contributed by atoms with Crippen LogP contribution in [0.2, 0.25) is 0 Å². The Bertz CT molecular complexity index is 249. The highest BCUT2D eigenvalue weighted by Crippen LogP contribution is 2.11. The Morgan fingerprint density at radius 3 is 2.65 bits per heavy atom. The number of aliphatic carboxylic acids is 1. The zero-order chi connectivity index (χ0) is 12.5. The minimum Gasteiger partial charge on any atom is -0.481 e. The van der Waals surface area contributed by atoms with Crippen molar-refractivity contribution in [1.82, 2.24) is 5.32 Å². The van der Waals surface area contributed by atoms with E-state index in [1.165, 1.54) is 6.42 Å². The lowest BCUT2D eigenvalue weighted by Crippen LogP contribution is -2.35. The summed E-state index contributed by atoms with van der Waals surface area (Å²) in [4.78, 5) is 21.7. The molecule has 2 N–H and O–H groups in total. The van der Waals surface area contributed by atoms with Crippen molar-refractivity contribution in [3.05, 3.63) is 0 Å². The van der Waals surface area contributed by atoms with Crippen LogP contribution in [0.15, 0.2) is 0 Å². The molecule has 5 heteroatoms. The van der Waals surface area contributed by atoms with E-state index in [1.807, 2.05) is 0 Å². The van der Waals surface area contributed by atoms with Crippen molar-refractivity contribution in [1.29, 1.82) is 0 Å². The van der Waals surface area contributed by atoms with Gasteiger partial charge in [0.2, 0.25) is 5.91 Å². The second-order valence-corrected chi connectivity index (χ2v) is 4.39. The van der Waals surface area contributed by atoms with Gasteiger partial charge in [0.05, 0.1) is 6.10 Å². The van der Waals surface area contributed by atoms with E-state index in [1.54, 1.807) is 0 Å². The molecular formula is C12H21NO4. The Balaban J connectivity index is 1.98. The third kappa shape index (κ3) is 6.94. The second kappa shape index (κ2) is 8.06. The quantitative estimate of drug-likeness (QED) is 0.661. The first-order valence-corrected chi connectivity index (χ1v) is 6.28. The molecule has 1 heterocycles. The zero-order valence-electron chi connectivity index (χ0n) is 10.1. The molecule has 5 nitrogen and oxygen atoms in total. The Morgan fingerprint density at radius 1 is 1.24 bits per heavy atom. The maximum absolute atomic E-state index is 11.4. The van der Waals surface area contributed by atoms with E-state index in [9.17, 15) is 9.59 Å². The molecule has 0 saturated carbocycles. The standard InChI is InChI=1S/C12H21NO4/c14-11(6-1-2-7-12(15)16)13-9-10-5-3-4-8-17-10/h10H,1-9H2,(H,13,14)(H,15,16). The van der Waals surface area contributed by atoms with Gasteiger partial charge >= 0.3 is 5.97 Å². The summed E-state index contributed by atoms with van der Waals surface area (Å²) in [5.41, 5.74) is 0. The Morgan fingerprint density at radius 2 is 2.00 bits per heavy atom. The van der Waals surface area contributed by atoms with Gasteiger partial charge in [0.1, 0.15) is 0 Å². The fourth-order valence-electron chi connectivity index (χ4n) is 1.85. The number of nitrogens with one attached hydrogen (secondary N) is 1. The molecule has 0 aromatic heterocycles. The van der Waals surface area contributed by atoms with Crippen LogP contribution in [0.3, 0.4) is 0 Å². The van der Waals surface area contributed by atoms with Gasteiger partial charge in [-0.1, -0.05) is 0 Å². The van der Waals surface area contributed by atoms with Gasteiger partial charge in [-0.05, 0) is 32.1 Å². The van der Waals surface area contributed by atoms with Gasteiger partial charge < -0.3 is 15.2 Å². The average molecular weight is 243 g/mol. The summed E-state index contributed by atoms with van der Waals surface area (Å²) in [6, 6.07) is 0. The molecular weight excluding hydrogens is 222 g/mol. The van der Waals surface area contributed by atoms with Crippen molar-refractivity contribution in [2.24, 2.45) is 0 Å². The SMILES string of the molecule is O=C(O)CCCCC(=O)NCC1CCCCO1.